The maximum Gasteiger partial charge on any atom is 0.137 e. The molecular formula is C26H24N6. The minimum absolute atomic E-state index is 0.486. The van der Waals surface area contributed by atoms with Crippen molar-refractivity contribution in [1.29, 1.82) is 0 Å². The lowest BCUT2D eigenvalue weighted by Gasteiger charge is -2.32. The molecule has 1 saturated heterocycles. The average Bonchev–Trinajstić information content (AvgIpc) is 3.27. The highest BCUT2D eigenvalue weighted by Crippen LogP contribution is 2.29. The largest absolute Gasteiger partial charge is 0.354 e. The predicted molar refractivity (Wildman–Crippen MR) is 129 cm³/mol. The van der Waals surface area contributed by atoms with Crippen LogP contribution in [0.5, 0.6) is 0 Å². The van der Waals surface area contributed by atoms with Gasteiger partial charge in [-0.15, -0.1) is 0 Å². The summed E-state index contributed by atoms with van der Waals surface area (Å²) in [4.78, 5) is 16.3. The molecule has 0 saturated carbocycles. The molecule has 1 aromatic carbocycles. The summed E-state index contributed by atoms with van der Waals surface area (Å²) in [5.74, 6) is 1.04. The van der Waals surface area contributed by atoms with Crippen LogP contribution in [0.1, 0.15) is 6.92 Å². The van der Waals surface area contributed by atoms with Crippen LogP contribution in [0.25, 0.3) is 38.9 Å². The summed E-state index contributed by atoms with van der Waals surface area (Å²) in [7, 11) is 0. The molecule has 1 aliphatic rings. The van der Waals surface area contributed by atoms with Crippen molar-refractivity contribution in [3.05, 3.63) is 79.4 Å². The zero-order valence-electron chi connectivity index (χ0n) is 17.9. The van der Waals surface area contributed by atoms with E-state index in [9.17, 15) is 0 Å². The van der Waals surface area contributed by atoms with Gasteiger partial charge in [-0.05, 0) is 48.9 Å². The number of nitrogens with one attached hydrogen (secondary N) is 1. The fourth-order valence-corrected chi connectivity index (χ4v) is 4.56. The molecule has 0 aliphatic carbocycles. The molecule has 1 aliphatic heterocycles. The van der Waals surface area contributed by atoms with Crippen molar-refractivity contribution < 1.29 is 0 Å². The van der Waals surface area contributed by atoms with Crippen LogP contribution < -0.4 is 10.2 Å². The molecular weight excluding hydrogens is 396 g/mol. The Morgan fingerprint density at radius 1 is 0.938 bits per heavy atom. The summed E-state index contributed by atoms with van der Waals surface area (Å²) in [5, 5.41) is 4.60. The normalized spacial score (nSPS) is 16.7. The summed E-state index contributed by atoms with van der Waals surface area (Å²) in [6.45, 7) is 5.18. The van der Waals surface area contributed by atoms with E-state index in [0.29, 0.717) is 6.04 Å². The molecule has 1 fully saturated rings. The van der Waals surface area contributed by atoms with Gasteiger partial charge >= 0.3 is 0 Å². The van der Waals surface area contributed by atoms with Crippen LogP contribution in [0.3, 0.4) is 0 Å². The molecule has 6 nitrogen and oxygen atoms in total. The van der Waals surface area contributed by atoms with Gasteiger partial charge in [0.15, 0.2) is 0 Å². The molecule has 158 valence electrons. The summed E-state index contributed by atoms with van der Waals surface area (Å²) in [5.41, 5.74) is 6.30. The number of para-hydroxylation sites is 1. The fourth-order valence-electron chi connectivity index (χ4n) is 4.56. The van der Waals surface area contributed by atoms with E-state index in [1.165, 1.54) is 0 Å². The lowest BCUT2D eigenvalue weighted by Crippen LogP contribution is -2.49. The minimum Gasteiger partial charge on any atom is -0.354 e. The number of anilines is 1. The van der Waals surface area contributed by atoms with Gasteiger partial charge in [-0.3, -0.25) is 9.38 Å². The first-order valence-electron chi connectivity index (χ1n) is 11.0. The first kappa shape index (κ1) is 19.0. The van der Waals surface area contributed by atoms with E-state index in [1.807, 2.05) is 36.8 Å². The highest BCUT2D eigenvalue weighted by atomic mass is 15.2. The van der Waals surface area contributed by atoms with Crippen LogP contribution in [-0.2, 0) is 0 Å². The lowest BCUT2D eigenvalue weighted by molar-refractivity contribution is 0.482. The van der Waals surface area contributed by atoms with Gasteiger partial charge in [-0.1, -0.05) is 18.2 Å². The number of piperazine rings is 1. The van der Waals surface area contributed by atoms with E-state index in [4.69, 9.17) is 9.97 Å². The van der Waals surface area contributed by atoms with Gasteiger partial charge in [0, 0.05) is 60.8 Å². The van der Waals surface area contributed by atoms with Crippen LogP contribution in [-0.4, -0.2) is 45.0 Å². The van der Waals surface area contributed by atoms with Gasteiger partial charge in [0.2, 0.25) is 0 Å². The summed E-state index contributed by atoms with van der Waals surface area (Å²) in [6, 6.07) is 19.3. The third kappa shape index (κ3) is 3.29. The van der Waals surface area contributed by atoms with E-state index < -0.39 is 0 Å². The van der Waals surface area contributed by atoms with Gasteiger partial charge in [0.1, 0.15) is 11.5 Å². The van der Waals surface area contributed by atoms with Gasteiger partial charge in [0.25, 0.3) is 0 Å². The topological polar surface area (TPSA) is 58.4 Å². The average molecular weight is 421 g/mol. The second-order valence-electron chi connectivity index (χ2n) is 8.37. The Hall–Kier alpha value is -3.77. The SMILES string of the molecule is C[C@@H]1CN(c2ccc(-c3ccn4c(-c5ccnc6ccccc56)cnc4c3)cn2)CCN1. The number of benzene rings is 1. The summed E-state index contributed by atoms with van der Waals surface area (Å²) >= 11 is 0. The molecule has 4 aromatic heterocycles. The number of aromatic nitrogens is 4. The van der Waals surface area contributed by atoms with Crippen molar-refractivity contribution >= 4 is 22.4 Å². The third-order valence-electron chi connectivity index (χ3n) is 6.21. The highest BCUT2D eigenvalue weighted by molar-refractivity contribution is 5.93. The summed E-state index contributed by atoms with van der Waals surface area (Å²) in [6.07, 6.45) is 7.85. The second kappa shape index (κ2) is 7.73. The molecule has 0 bridgehead atoms. The van der Waals surface area contributed by atoms with Crippen LogP contribution >= 0.6 is 0 Å². The Morgan fingerprint density at radius 2 is 1.88 bits per heavy atom. The Kier molecular flexibility index (Phi) is 4.58. The maximum atomic E-state index is 4.74. The molecule has 6 rings (SSSR count). The molecule has 5 aromatic rings. The highest BCUT2D eigenvalue weighted by Gasteiger charge is 2.17. The van der Waals surface area contributed by atoms with Gasteiger partial charge in [-0.2, -0.15) is 0 Å². The lowest BCUT2D eigenvalue weighted by atomic mass is 10.1. The van der Waals surface area contributed by atoms with Crippen LogP contribution in [0.2, 0.25) is 0 Å². The first-order chi connectivity index (χ1) is 15.8. The van der Waals surface area contributed by atoms with Crippen LogP contribution in [0, 0.1) is 0 Å². The van der Waals surface area contributed by atoms with Gasteiger partial charge in [0.05, 0.1) is 17.4 Å². The number of hydrogen-bond donors (Lipinski definition) is 1. The zero-order chi connectivity index (χ0) is 21.5. The monoisotopic (exact) mass is 420 g/mol. The molecule has 1 N–H and O–H groups in total. The standard InChI is InChI=1S/C26H24N6/c1-18-17-31(13-11-27-18)25-7-6-20(15-29-25)19-9-12-32-24(16-30-26(32)14-19)22-8-10-28-23-5-3-2-4-21(22)23/h2-10,12,14-16,18,27H,11,13,17H2,1H3/t18-/m1/s1. The van der Waals surface area contributed by atoms with E-state index >= 15 is 0 Å². The number of nitrogens with zero attached hydrogens (tertiary/aromatic N) is 5. The number of imidazole rings is 1. The Bertz CT molecular complexity index is 1400. The molecule has 6 heteroatoms. The Labute approximate surface area is 186 Å². The van der Waals surface area contributed by atoms with Crippen molar-refractivity contribution in [3.8, 4) is 22.4 Å². The fraction of sp³-hybridized carbons (Fsp3) is 0.192. The zero-order valence-corrected chi connectivity index (χ0v) is 17.9. The molecule has 5 heterocycles. The van der Waals surface area contributed by atoms with E-state index in [-0.39, 0.29) is 0 Å². The quantitative estimate of drug-likeness (QED) is 0.469. The van der Waals surface area contributed by atoms with E-state index in [0.717, 1.165) is 64.4 Å². The minimum atomic E-state index is 0.486. The second-order valence-corrected chi connectivity index (χ2v) is 8.37. The van der Waals surface area contributed by atoms with Crippen molar-refractivity contribution in [2.75, 3.05) is 24.5 Å². The molecule has 0 spiro atoms. The van der Waals surface area contributed by atoms with E-state index in [1.54, 1.807) is 0 Å². The smallest absolute Gasteiger partial charge is 0.137 e. The number of rotatable bonds is 3. The molecule has 0 amide bonds. The molecule has 32 heavy (non-hydrogen) atoms. The third-order valence-corrected chi connectivity index (χ3v) is 6.21. The molecule has 0 radical (unpaired) electrons. The number of hydrogen-bond acceptors (Lipinski definition) is 5. The first-order valence-corrected chi connectivity index (χ1v) is 11.0. The van der Waals surface area contributed by atoms with Crippen LogP contribution in [0.15, 0.2) is 79.4 Å². The molecule has 1 atom stereocenters. The molecule has 0 unspecified atom stereocenters. The summed E-state index contributed by atoms with van der Waals surface area (Å²) < 4.78 is 2.13. The van der Waals surface area contributed by atoms with Gasteiger partial charge < -0.3 is 10.2 Å². The van der Waals surface area contributed by atoms with Crippen LogP contribution in [0.4, 0.5) is 5.82 Å². The predicted octanol–water partition coefficient (Wildman–Crippen LogP) is 4.41. The van der Waals surface area contributed by atoms with Crippen molar-refractivity contribution in [3.63, 3.8) is 0 Å². The Morgan fingerprint density at radius 3 is 2.75 bits per heavy atom. The maximum absolute atomic E-state index is 4.74. The van der Waals surface area contributed by atoms with E-state index in [2.05, 4.69) is 69.1 Å². The van der Waals surface area contributed by atoms with Crippen molar-refractivity contribution in [2.45, 2.75) is 13.0 Å². The van der Waals surface area contributed by atoms with Gasteiger partial charge in [-0.25, -0.2) is 9.97 Å². The Balaban J connectivity index is 1.34. The van der Waals surface area contributed by atoms with Crippen molar-refractivity contribution in [2.24, 2.45) is 0 Å². The number of pyridine rings is 3. The van der Waals surface area contributed by atoms with Crippen molar-refractivity contribution in [1.82, 2.24) is 24.7 Å². The number of fused-ring (bicyclic) bond motifs is 2.